The van der Waals surface area contributed by atoms with E-state index >= 15 is 0 Å². The van der Waals surface area contributed by atoms with Crippen LogP contribution in [0, 0.1) is 0 Å². The third-order valence-electron chi connectivity index (χ3n) is 2.22. The van der Waals surface area contributed by atoms with Gasteiger partial charge in [0.2, 0.25) is 5.91 Å². The van der Waals surface area contributed by atoms with Crippen molar-refractivity contribution >= 4 is 29.1 Å². The first-order valence-electron chi connectivity index (χ1n) is 5.70. The first-order valence-corrected chi connectivity index (χ1v) is 6.46. The van der Waals surface area contributed by atoms with Crippen LogP contribution in [-0.4, -0.2) is 43.9 Å². The topological polar surface area (TPSA) is 70.6 Å². The van der Waals surface area contributed by atoms with E-state index < -0.39 is 6.10 Å². The molecule has 0 saturated carbocycles. The van der Waals surface area contributed by atoms with Gasteiger partial charge >= 0.3 is 0 Å². The number of aliphatic hydroxyl groups excluding tert-OH is 1. The number of aliphatic hydroxyl groups is 1. The number of carbonyl (C=O) groups excluding carboxylic acids is 1. The van der Waals surface area contributed by atoms with Crippen LogP contribution in [0.5, 0.6) is 5.75 Å². The van der Waals surface area contributed by atoms with Crippen molar-refractivity contribution in [2.24, 2.45) is 0 Å². The Kier molecular flexibility index (Phi) is 6.94. The fraction of sp³-hybridized carbons (Fsp3) is 0.417. The Labute approximate surface area is 121 Å². The van der Waals surface area contributed by atoms with E-state index in [1.54, 1.807) is 25.2 Å². The van der Waals surface area contributed by atoms with Gasteiger partial charge < -0.3 is 20.5 Å². The van der Waals surface area contributed by atoms with Crippen LogP contribution in [0.1, 0.15) is 0 Å². The molecule has 1 aromatic carbocycles. The monoisotopic (exact) mass is 306 g/mol. The van der Waals surface area contributed by atoms with Gasteiger partial charge in [0.05, 0.1) is 11.6 Å². The van der Waals surface area contributed by atoms with Gasteiger partial charge in [0.15, 0.2) is 0 Å². The minimum Gasteiger partial charge on any atom is -0.489 e. The molecule has 0 aliphatic carbocycles. The second-order valence-electron chi connectivity index (χ2n) is 3.85. The number of likely N-dealkylation sites (N-methyl/N-ethyl adjacent to an activating group) is 1. The largest absolute Gasteiger partial charge is 0.489 e. The summed E-state index contributed by atoms with van der Waals surface area (Å²) in [7, 11) is 1.67. The Balaban J connectivity index is 2.36. The molecule has 3 N–H and O–H groups in total. The second-order valence-corrected chi connectivity index (χ2v) is 4.64. The van der Waals surface area contributed by atoms with E-state index in [1.165, 1.54) is 0 Å². The molecule has 106 valence electrons. The maximum absolute atomic E-state index is 11.2. The summed E-state index contributed by atoms with van der Waals surface area (Å²) in [5, 5.41) is 15.6. The summed E-state index contributed by atoms with van der Waals surface area (Å²) < 4.78 is 5.34. The lowest BCUT2D eigenvalue weighted by molar-refractivity contribution is -0.120. The molecule has 1 rings (SSSR count). The van der Waals surface area contributed by atoms with Gasteiger partial charge in [-0.3, -0.25) is 4.79 Å². The third kappa shape index (κ3) is 5.65. The molecule has 0 aliphatic heterocycles. The molecule has 0 aliphatic rings. The highest BCUT2D eigenvalue weighted by Crippen LogP contribution is 2.31. The van der Waals surface area contributed by atoms with Crippen molar-refractivity contribution in [1.82, 2.24) is 10.6 Å². The summed E-state index contributed by atoms with van der Waals surface area (Å²) in [6.07, 6.45) is -0.823. The van der Waals surface area contributed by atoms with E-state index in [1.807, 2.05) is 0 Å². The lowest BCUT2D eigenvalue weighted by atomic mass is 10.3. The quantitative estimate of drug-likeness (QED) is 0.705. The Morgan fingerprint density at radius 2 is 2.21 bits per heavy atom. The molecule has 7 heteroatoms. The van der Waals surface area contributed by atoms with E-state index in [9.17, 15) is 9.90 Å². The van der Waals surface area contributed by atoms with Crippen LogP contribution in [-0.2, 0) is 4.79 Å². The molecule has 0 bridgehead atoms. The number of hydrogen-bond donors (Lipinski definition) is 3. The number of rotatable bonds is 7. The Morgan fingerprint density at radius 1 is 1.47 bits per heavy atom. The first-order chi connectivity index (χ1) is 9.04. The van der Waals surface area contributed by atoms with Gasteiger partial charge in [0, 0.05) is 6.54 Å². The summed E-state index contributed by atoms with van der Waals surface area (Å²) in [4.78, 5) is 11.2. The number of benzene rings is 1. The first kappa shape index (κ1) is 16.0. The Hall–Kier alpha value is -1.01. The maximum Gasteiger partial charge on any atom is 0.234 e. The number of amides is 1. The van der Waals surface area contributed by atoms with E-state index in [0.717, 1.165) is 0 Å². The molecule has 1 unspecified atom stereocenters. The fourth-order valence-corrected chi connectivity index (χ4v) is 1.64. The highest BCUT2D eigenvalue weighted by Gasteiger charge is 2.10. The van der Waals surface area contributed by atoms with Crippen LogP contribution in [0.25, 0.3) is 0 Å². The maximum atomic E-state index is 11.2. The highest BCUT2D eigenvalue weighted by atomic mass is 35.5. The van der Waals surface area contributed by atoms with Crippen molar-refractivity contribution < 1.29 is 14.6 Å². The van der Waals surface area contributed by atoms with Gasteiger partial charge in [-0.2, -0.15) is 0 Å². The highest BCUT2D eigenvalue weighted by molar-refractivity contribution is 6.42. The van der Waals surface area contributed by atoms with E-state index in [4.69, 9.17) is 27.9 Å². The fourth-order valence-electron chi connectivity index (χ4n) is 1.30. The van der Waals surface area contributed by atoms with Crippen LogP contribution in [0.2, 0.25) is 10.0 Å². The van der Waals surface area contributed by atoms with Gasteiger partial charge in [-0.1, -0.05) is 29.3 Å². The van der Waals surface area contributed by atoms with Crippen LogP contribution in [0.15, 0.2) is 18.2 Å². The average Bonchev–Trinajstić information content (AvgIpc) is 2.38. The molecule has 1 amide bonds. The molecule has 0 saturated heterocycles. The minimum atomic E-state index is -0.823. The number of nitrogens with one attached hydrogen (secondary N) is 2. The molecule has 5 nitrogen and oxygen atoms in total. The van der Waals surface area contributed by atoms with Gasteiger partial charge in [0.1, 0.15) is 23.5 Å². The van der Waals surface area contributed by atoms with Crippen molar-refractivity contribution in [3.8, 4) is 5.75 Å². The van der Waals surface area contributed by atoms with Crippen LogP contribution >= 0.6 is 23.2 Å². The Morgan fingerprint density at radius 3 is 2.89 bits per heavy atom. The molecular formula is C12H16Cl2N2O3. The summed E-state index contributed by atoms with van der Waals surface area (Å²) in [5.74, 6) is 0.206. The molecule has 1 aromatic rings. The predicted molar refractivity (Wildman–Crippen MR) is 74.9 cm³/mol. The smallest absolute Gasteiger partial charge is 0.234 e. The predicted octanol–water partition coefficient (Wildman–Crippen LogP) is 1.07. The SMILES string of the molecule is CNCC(=O)NCC(O)COc1cccc(Cl)c1Cl. The van der Waals surface area contributed by atoms with E-state index in [-0.39, 0.29) is 25.6 Å². The molecule has 0 radical (unpaired) electrons. The van der Waals surface area contributed by atoms with Gasteiger partial charge in [0.25, 0.3) is 0 Å². The number of carbonyl (C=O) groups is 1. The van der Waals surface area contributed by atoms with Crippen molar-refractivity contribution in [1.29, 1.82) is 0 Å². The van der Waals surface area contributed by atoms with Gasteiger partial charge in [-0.25, -0.2) is 0 Å². The van der Waals surface area contributed by atoms with Crippen molar-refractivity contribution in [3.63, 3.8) is 0 Å². The zero-order valence-corrected chi connectivity index (χ0v) is 12.0. The van der Waals surface area contributed by atoms with Crippen molar-refractivity contribution in [2.45, 2.75) is 6.10 Å². The molecule has 0 aromatic heterocycles. The normalized spacial score (nSPS) is 12.0. The van der Waals surface area contributed by atoms with Gasteiger partial charge in [-0.15, -0.1) is 0 Å². The van der Waals surface area contributed by atoms with Crippen molar-refractivity contribution in [3.05, 3.63) is 28.2 Å². The molecule has 0 spiro atoms. The van der Waals surface area contributed by atoms with Crippen molar-refractivity contribution in [2.75, 3.05) is 26.7 Å². The van der Waals surface area contributed by atoms with Crippen LogP contribution < -0.4 is 15.4 Å². The summed E-state index contributed by atoms with van der Waals surface area (Å²) in [6.45, 7) is 0.326. The summed E-state index contributed by atoms with van der Waals surface area (Å²) in [5.41, 5.74) is 0. The van der Waals surface area contributed by atoms with E-state index in [0.29, 0.717) is 15.8 Å². The van der Waals surface area contributed by atoms with E-state index in [2.05, 4.69) is 10.6 Å². The number of halogens is 2. The average molecular weight is 307 g/mol. The van der Waals surface area contributed by atoms with Crippen LogP contribution in [0.4, 0.5) is 0 Å². The molecule has 1 atom stereocenters. The summed E-state index contributed by atoms with van der Waals surface area (Å²) in [6, 6.07) is 5.00. The zero-order valence-electron chi connectivity index (χ0n) is 10.5. The molecule has 19 heavy (non-hydrogen) atoms. The number of ether oxygens (including phenoxy) is 1. The van der Waals surface area contributed by atoms with Gasteiger partial charge in [-0.05, 0) is 19.2 Å². The lowest BCUT2D eigenvalue weighted by Crippen LogP contribution is -2.39. The molecule has 0 fully saturated rings. The third-order valence-corrected chi connectivity index (χ3v) is 3.02. The lowest BCUT2D eigenvalue weighted by Gasteiger charge is -2.14. The zero-order chi connectivity index (χ0) is 14.3. The summed E-state index contributed by atoms with van der Waals surface area (Å²) >= 11 is 11.8. The van der Waals surface area contributed by atoms with Crippen LogP contribution in [0.3, 0.4) is 0 Å². The molecule has 0 heterocycles. The molecular weight excluding hydrogens is 291 g/mol. The standard InChI is InChI=1S/C12H16Cl2N2O3/c1-15-6-11(18)16-5-8(17)7-19-10-4-2-3-9(13)12(10)14/h2-4,8,15,17H,5-7H2,1H3,(H,16,18). The minimum absolute atomic E-state index is 0.0138. The second kappa shape index (κ2) is 8.22. The Bertz CT molecular complexity index is 429. The number of hydrogen-bond acceptors (Lipinski definition) is 4.